The third kappa shape index (κ3) is 4.32. The van der Waals surface area contributed by atoms with Crippen LogP contribution in [0.25, 0.3) is 0 Å². The fourth-order valence-corrected chi connectivity index (χ4v) is 3.74. The molecule has 2 amide bonds. The maximum atomic E-state index is 14.1. The van der Waals surface area contributed by atoms with Crippen LogP contribution in [0.5, 0.6) is 0 Å². The van der Waals surface area contributed by atoms with Gasteiger partial charge in [0, 0.05) is 16.7 Å². The molecular formula is C19H16ClFN2O3S. The third-order valence-electron chi connectivity index (χ3n) is 3.90. The molecule has 3 rings (SSSR count). The molecule has 0 spiro atoms. The zero-order chi connectivity index (χ0) is 19.4. The number of amides is 2. The van der Waals surface area contributed by atoms with Gasteiger partial charge in [-0.15, -0.1) is 11.8 Å². The molecule has 1 aliphatic heterocycles. The number of aliphatic hydroxyl groups excluding tert-OH is 1. The predicted molar refractivity (Wildman–Crippen MR) is 103 cm³/mol. The van der Waals surface area contributed by atoms with Crippen LogP contribution in [0.2, 0.25) is 5.02 Å². The Bertz CT molecular complexity index is 920. The first-order valence-electron chi connectivity index (χ1n) is 8.11. The minimum atomic E-state index is -0.491. The van der Waals surface area contributed by atoms with Crippen LogP contribution >= 0.6 is 23.4 Å². The highest BCUT2D eigenvalue weighted by Crippen LogP contribution is 2.32. The summed E-state index contributed by atoms with van der Waals surface area (Å²) < 4.78 is 14.1. The van der Waals surface area contributed by atoms with E-state index in [1.54, 1.807) is 24.3 Å². The maximum absolute atomic E-state index is 14.1. The molecule has 0 aromatic heterocycles. The van der Waals surface area contributed by atoms with Crippen LogP contribution in [0, 0.1) is 5.82 Å². The lowest BCUT2D eigenvalue weighted by Crippen LogP contribution is -2.34. The standard InChI is InChI=1S/C19H16ClFN2O3S/c20-13-5-3-4-12(18(13)21)11-27-16-7-2-1-6-14(16)22-15-10-17(25)23(8-9-24)19(15)26/h1-7,10,22,24H,8-9,11H2. The Kier molecular flexibility index (Phi) is 6.15. The van der Waals surface area contributed by atoms with E-state index in [4.69, 9.17) is 16.7 Å². The quantitative estimate of drug-likeness (QED) is 0.544. The molecule has 0 fully saturated rings. The number of β-amino-alcohol motifs (C(OH)–C–C–N with tert-alkyl or cyclic N) is 1. The van der Waals surface area contributed by atoms with Gasteiger partial charge in [0.25, 0.3) is 11.8 Å². The zero-order valence-corrected chi connectivity index (χ0v) is 15.7. The van der Waals surface area contributed by atoms with E-state index >= 15 is 0 Å². The van der Waals surface area contributed by atoms with Crippen molar-refractivity contribution in [1.29, 1.82) is 0 Å². The number of carbonyl (C=O) groups excluding carboxylic acids is 2. The molecule has 2 N–H and O–H groups in total. The minimum Gasteiger partial charge on any atom is -0.395 e. The Balaban J connectivity index is 1.75. The van der Waals surface area contributed by atoms with Gasteiger partial charge in [0.1, 0.15) is 11.5 Å². The van der Waals surface area contributed by atoms with Gasteiger partial charge < -0.3 is 10.4 Å². The molecule has 0 bridgehead atoms. The van der Waals surface area contributed by atoms with Gasteiger partial charge in [-0.2, -0.15) is 0 Å². The van der Waals surface area contributed by atoms with Crippen LogP contribution in [-0.4, -0.2) is 35.0 Å². The summed E-state index contributed by atoms with van der Waals surface area (Å²) in [6.07, 6.45) is 1.20. The second-order valence-electron chi connectivity index (χ2n) is 5.70. The highest BCUT2D eigenvalue weighted by molar-refractivity contribution is 7.98. The molecule has 2 aromatic rings. The lowest BCUT2D eigenvalue weighted by atomic mass is 10.2. The molecule has 0 saturated carbocycles. The Labute approximate surface area is 164 Å². The van der Waals surface area contributed by atoms with Crippen molar-refractivity contribution in [1.82, 2.24) is 4.90 Å². The van der Waals surface area contributed by atoms with Crippen molar-refractivity contribution in [2.24, 2.45) is 0 Å². The molecule has 5 nitrogen and oxygen atoms in total. The number of carbonyl (C=O) groups is 2. The molecule has 0 radical (unpaired) electrons. The summed E-state index contributed by atoms with van der Waals surface area (Å²) in [5.74, 6) is -1.05. The van der Waals surface area contributed by atoms with Gasteiger partial charge in [0.05, 0.1) is 23.9 Å². The Morgan fingerprint density at radius 3 is 2.70 bits per heavy atom. The van der Waals surface area contributed by atoms with Gasteiger partial charge in [-0.3, -0.25) is 14.5 Å². The second kappa shape index (κ2) is 8.56. The fourth-order valence-electron chi connectivity index (χ4n) is 2.57. The summed E-state index contributed by atoms with van der Waals surface area (Å²) in [5.41, 5.74) is 1.24. The summed E-state index contributed by atoms with van der Waals surface area (Å²) in [5, 5.41) is 12.0. The number of aliphatic hydroxyl groups is 1. The summed E-state index contributed by atoms with van der Waals surface area (Å²) in [4.78, 5) is 25.9. The van der Waals surface area contributed by atoms with Crippen molar-refractivity contribution in [2.45, 2.75) is 10.6 Å². The van der Waals surface area contributed by atoms with Crippen LogP contribution in [0.3, 0.4) is 0 Å². The molecule has 140 valence electrons. The van der Waals surface area contributed by atoms with Crippen LogP contribution < -0.4 is 5.32 Å². The van der Waals surface area contributed by atoms with Gasteiger partial charge >= 0.3 is 0 Å². The largest absolute Gasteiger partial charge is 0.395 e. The normalized spacial score (nSPS) is 13.9. The number of imide groups is 1. The van der Waals surface area contributed by atoms with E-state index in [1.807, 2.05) is 12.1 Å². The molecule has 1 aliphatic rings. The molecule has 1 heterocycles. The van der Waals surface area contributed by atoms with E-state index in [-0.39, 0.29) is 23.9 Å². The van der Waals surface area contributed by atoms with Crippen LogP contribution in [-0.2, 0) is 15.3 Å². The Morgan fingerprint density at radius 2 is 1.93 bits per heavy atom. The summed E-state index contributed by atoms with van der Waals surface area (Å²) in [6, 6.07) is 12.1. The van der Waals surface area contributed by atoms with Crippen molar-refractivity contribution >= 4 is 40.9 Å². The molecular weight excluding hydrogens is 391 g/mol. The van der Waals surface area contributed by atoms with Gasteiger partial charge in [-0.1, -0.05) is 35.9 Å². The monoisotopic (exact) mass is 406 g/mol. The third-order valence-corrected chi connectivity index (χ3v) is 5.32. The van der Waals surface area contributed by atoms with Crippen molar-refractivity contribution in [3.63, 3.8) is 0 Å². The lowest BCUT2D eigenvalue weighted by Gasteiger charge is -2.15. The molecule has 0 aliphatic carbocycles. The number of halogens is 2. The van der Waals surface area contributed by atoms with Crippen molar-refractivity contribution in [3.05, 3.63) is 70.6 Å². The van der Waals surface area contributed by atoms with Crippen molar-refractivity contribution < 1.29 is 19.1 Å². The first-order chi connectivity index (χ1) is 13.0. The lowest BCUT2D eigenvalue weighted by molar-refractivity contribution is -0.137. The van der Waals surface area contributed by atoms with E-state index in [2.05, 4.69) is 5.32 Å². The van der Waals surface area contributed by atoms with Gasteiger partial charge in [-0.25, -0.2) is 4.39 Å². The van der Waals surface area contributed by atoms with E-state index in [0.717, 1.165) is 9.80 Å². The first kappa shape index (κ1) is 19.4. The number of thioether (sulfide) groups is 1. The number of rotatable bonds is 7. The highest BCUT2D eigenvalue weighted by Gasteiger charge is 2.30. The number of hydrogen-bond donors (Lipinski definition) is 2. The van der Waals surface area contributed by atoms with E-state index < -0.39 is 17.6 Å². The fraction of sp³-hybridized carbons (Fsp3) is 0.158. The van der Waals surface area contributed by atoms with Crippen molar-refractivity contribution in [3.8, 4) is 0 Å². The van der Waals surface area contributed by atoms with E-state index in [0.29, 0.717) is 17.0 Å². The van der Waals surface area contributed by atoms with Crippen LogP contribution in [0.1, 0.15) is 5.56 Å². The summed E-state index contributed by atoms with van der Waals surface area (Å²) >= 11 is 7.19. The summed E-state index contributed by atoms with van der Waals surface area (Å²) in [6.45, 7) is -0.347. The average molecular weight is 407 g/mol. The SMILES string of the molecule is O=C1C=C(Nc2ccccc2SCc2cccc(Cl)c2F)C(=O)N1CCO. The maximum Gasteiger partial charge on any atom is 0.277 e. The number of nitrogens with one attached hydrogen (secondary N) is 1. The molecule has 8 heteroatoms. The van der Waals surface area contributed by atoms with Gasteiger partial charge in [0.2, 0.25) is 0 Å². The first-order valence-corrected chi connectivity index (χ1v) is 9.47. The van der Waals surface area contributed by atoms with Crippen LogP contribution in [0.4, 0.5) is 10.1 Å². The number of benzene rings is 2. The van der Waals surface area contributed by atoms with Gasteiger partial charge in [-0.05, 0) is 23.8 Å². The van der Waals surface area contributed by atoms with Gasteiger partial charge in [0.15, 0.2) is 0 Å². The van der Waals surface area contributed by atoms with Crippen molar-refractivity contribution in [2.75, 3.05) is 18.5 Å². The smallest absolute Gasteiger partial charge is 0.277 e. The van der Waals surface area contributed by atoms with E-state index in [1.165, 1.54) is 23.9 Å². The average Bonchev–Trinajstić information content (AvgIpc) is 2.92. The molecule has 0 atom stereocenters. The molecule has 27 heavy (non-hydrogen) atoms. The highest BCUT2D eigenvalue weighted by atomic mass is 35.5. The number of para-hydroxylation sites is 1. The topological polar surface area (TPSA) is 69.6 Å². The van der Waals surface area contributed by atoms with E-state index in [9.17, 15) is 14.0 Å². The minimum absolute atomic E-state index is 0.0518. The number of nitrogens with zero attached hydrogens (tertiary/aromatic N) is 1. The molecule has 0 unspecified atom stereocenters. The summed E-state index contributed by atoms with van der Waals surface area (Å²) in [7, 11) is 0. The second-order valence-corrected chi connectivity index (χ2v) is 7.12. The van der Waals surface area contributed by atoms with Crippen LogP contribution in [0.15, 0.2) is 59.1 Å². The molecule has 2 aromatic carbocycles. The Morgan fingerprint density at radius 1 is 1.15 bits per heavy atom. The number of anilines is 1. The number of hydrogen-bond acceptors (Lipinski definition) is 5. The zero-order valence-electron chi connectivity index (χ0n) is 14.1. The molecule has 0 saturated heterocycles. The Hall–Kier alpha value is -2.35. The predicted octanol–water partition coefficient (Wildman–Crippen LogP) is 3.43.